The Labute approximate surface area is 156 Å². The van der Waals surface area contributed by atoms with Crippen LogP contribution in [0.15, 0.2) is 54.6 Å². The maximum absolute atomic E-state index is 13.0. The van der Waals surface area contributed by atoms with E-state index in [2.05, 4.69) is 29.6 Å². The highest BCUT2D eigenvalue weighted by atomic mass is 16.5. The average molecular weight is 351 g/mol. The van der Waals surface area contributed by atoms with Gasteiger partial charge < -0.3 is 10.1 Å². The van der Waals surface area contributed by atoms with Gasteiger partial charge in [-0.1, -0.05) is 55.3 Å². The SMILES string of the molecule is CCOc1ccc(CCCNC(=O)C2(c3ccccc3)CCCC2)cc1. The van der Waals surface area contributed by atoms with Crippen LogP contribution in [0.2, 0.25) is 0 Å². The van der Waals surface area contributed by atoms with Crippen molar-refractivity contribution in [2.24, 2.45) is 0 Å². The fourth-order valence-electron chi connectivity index (χ4n) is 3.97. The van der Waals surface area contributed by atoms with Crippen LogP contribution < -0.4 is 10.1 Å². The summed E-state index contributed by atoms with van der Waals surface area (Å²) in [4.78, 5) is 13.0. The molecular formula is C23H29NO2. The van der Waals surface area contributed by atoms with Gasteiger partial charge in [0.25, 0.3) is 0 Å². The van der Waals surface area contributed by atoms with Crippen molar-refractivity contribution >= 4 is 5.91 Å². The molecule has 0 heterocycles. The molecule has 0 radical (unpaired) electrons. The quantitative estimate of drug-likeness (QED) is 0.703. The minimum Gasteiger partial charge on any atom is -0.494 e. The number of benzene rings is 2. The predicted octanol–water partition coefficient (Wildman–Crippen LogP) is 4.65. The highest BCUT2D eigenvalue weighted by molar-refractivity contribution is 5.88. The Bertz CT molecular complexity index is 688. The van der Waals surface area contributed by atoms with Crippen LogP contribution in [0, 0.1) is 0 Å². The topological polar surface area (TPSA) is 38.3 Å². The van der Waals surface area contributed by atoms with Crippen molar-refractivity contribution in [2.45, 2.75) is 50.9 Å². The molecule has 0 unspecified atom stereocenters. The highest BCUT2D eigenvalue weighted by Crippen LogP contribution is 2.41. The van der Waals surface area contributed by atoms with Crippen LogP contribution in [0.5, 0.6) is 5.75 Å². The summed E-state index contributed by atoms with van der Waals surface area (Å²) in [5, 5.41) is 3.20. The summed E-state index contributed by atoms with van der Waals surface area (Å²) in [5.41, 5.74) is 2.13. The van der Waals surface area contributed by atoms with Crippen molar-refractivity contribution in [1.29, 1.82) is 0 Å². The van der Waals surface area contributed by atoms with Crippen LogP contribution in [0.3, 0.4) is 0 Å². The molecule has 0 aromatic heterocycles. The number of amides is 1. The molecule has 138 valence electrons. The average Bonchev–Trinajstić information content (AvgIpc) is 3.18. The standard InChI is InChI=1S/C23H29NO2/c1-2-26-21-14-12-19(13-15-21)9-8-18-24-22(25)23(16-6-7-17-23)20-10-4-3-5-11-20/h3-5,10-15H,2,6-9,16-18H2,1H3,(H,24,25). The molecule has 0 spiro atoms. The fourth-order valence-corrected chi connectivity index (χ4v) is 3.97. The lowest BCUT2D eigenvalue weighted by Crippen LogP contribution is -2.43. The van der Waals surface area contributed by atoms with Gasteiger partial charge in [0, 0.05) is 6.54 Å². The van der Waals surface area contributed by atoms with E-state index in [9.17, 15) is 4.79 Å². The maximum atomic E-state index is 13.0. The van der Waals surface area contributed by atoms with Crippen LogP contribution in [0.4, 0.5) is 0 Å². The van der Waals surface area contributed by atoms with E-state index in [1.54, 1.807) is 0 Å². The predicted molar refractivity (Wildman–Crippen MR) is 106 cm³/mol. The second-order valence-electron chi connectivity index (χ2n) is 7.09. The van der Waals surface area contributed by atoms with E-state index < -0.39 is 0 Å². The van der Waals surface area contributed by atoms with Gasteiger partial charge in [0.2, 0.25) is 5.91 Å². The van der Waals surface area contributed by atoms with Crippen LogP contribution in [-0.2, 0) is 16.6 Å². The number of aryl methyl sites for hydroxylation is 1. The first kappa shape index (κ1) is 18.5. The first-order chi connectivity index (χ1) is 12.7. The normalized spacial score (nSPS) is 15.6. The monoisotopic (exact) mass is 351 g/mol. The molecule has 1 saturated carbocycles. The van der Waals surface area contributed by atoms with Gasteiger partial charge in [-0.2, -0.15) is 0 Å². The Morgan fingerprint density at radius 3 is 2.38 bits per heavy atom. The van der Waals surface area contributed by atoms with E-state index in [1.807, 2.05) is 37.3 Å². The molecule has 1 amide bonds. The van der Waals surface area contributed by atoms with E-state index in [-0.39, 0.29) is 11.3 Å². The van der Waals surface area contributed by atoms with E-state index in [4.69, 9.17) is 4.74 Å². The van der Waals surface area contributed by atoms with Crippen LogP contribution in [0.25, 0.3) is 0 Å². The summed E-state index contributed by atoms with van der Waals surface area (Å²) in [6.07, 6.45) is 6.10. The van der Waals surface area contributed by atoms with Crippen molar-refractivity contribution in [1.82, 2.24) is 5.32 Å². The molecular weight excluding hydrogens is 322 g/mol. The lowest BCUT2D eigenvalue weighted by Gasteiger charge is -2.28. The smallest absolute Gasteiger partial charge is 0.230 e. The third-order valence-corrected chi connectivity index (χ3v) is 5.38. The Morgan fingerprint density at radius 1 is 1.04 bits per heavy atom. The molecule has 2 aromatic rings. The second kappa shape index (κ2) is 8.88. The summed E-state index contributed by atoms with van der Waals surface area (Å²) in [6.45, 7) is 3.40. The summed E-state index contributed by atoms with van der Waals surface area (Å²) >= 11 is 0. The first-order valence-electron chi connectivity index (χ1n) is 9.80. The van der Waals surface area contributed by atoms with Gasteiger partial charge in [-0.3, -0.25) is 4.79 Å². The molecule has 3 heteroatoms. The van der Waals surface area contributed by atoms with Crippen LogP contribution in [0.1, 0.15) is 50.2 Å². The zero-order valence-corrected chi connectivity index (χ0v) is 15.7. The van der Waals surface area contributed by atoms with Gasteiger partial charge in [0.05, 0.1) is 12.0 Å². The van der Waals surface area contributed by atoms with E-state index >= 15 is 0 Å². The summed E-state index contributed by atoms with van der Waals surface area (Å²) in [6, 6.07) is 18.5. The molecule has 26 heavy (non-hydrogen) atoms. The van der Waals surface area contributed by atoms with Crippen molar-refractivity contribution in [3.63, 3.8) is 0 Å². The van der Waals surface area contributed by atoms with Crippen molar-refractivity contribution in [2.75, 3.05) is 13.2 Å². The molecule has 1 aliphatic carbocycles. The molecule has 0 saturated heterocycles. The summed E-state index contributed by atoms with van der Waals surface area (Å²) < 4.78 is 5.47. The van der Waals surface area contributed by atoms with Gasteiger partial charge in [-0.25, -0.2) is 0 Å². The maximum Gasteiger partial charge on any atom is 0.230 e. The summed E-state index contributed by atoms with van der Waals surface area (Å²) in [7, 11) is 0. The number of hydrogen-bond acceptors (Lipinski definition) is 2. The van der Waals surface area contributed by atoms with Crippen molar-refractivity contribution in [3.8, 4) is 5.75 Å². The molecule has 1 fully saturated rings. The van der Waals surface area contributed by atoms with E-state index in [0.717, 1.165) is 50.8 Å². The van der Waals surface area contributed by atoms with Gasteiger partial charge in [-0.15, -0.1) is 0 Å². The number of nitrogens with one attached hydrogen (secondary N) is 1. The first-order valence-corrected chi connectivity index (χ1v) is 9.80. The fraction of sp³-hybridized carbons (Fsp3) is 0.435. The lowest BCUT2D eigenvalue weighted by atomic mass is 9.78. The summed E-state index contributed by atoms with van der Waals surface area (Å²) in [5.74, 6) is 1.11. The van der Waals surface area contributed by atoms with Gasteiger partial charge in [0.1, 0.15) is 5.75 Å². The number of ether oxygens (including phenoxy) is 1. The Balaban J connectivity index is 1.51. The molecule has 3 rings (SSSR count). The third-order valence-electron chi connectivity index (χ3n) is 5.38. The molecule has 2 aromatic carbocycles. The number of rotatable bonds is 8. The Hall–Kier alpha value is -2.29. The molecule has 0 aliphatic heterocycles. The van der Waals surface area contributed by atoms with Gasteiger partial charge in [0.15, 0.2) is 0 Å². The van der Waals surface area contributed by atoms with E-state index in [0.29, 0.717) is 6.61 Å². The zero-order valence-electron chi connectivity index (χ0n) is 15.7. The minimum atomic E-state index is -0.319. The molecule has 0 bridgehead atoms. The molecule has 1 N–H and O–H groups in total. The molecule has 1 aliphatic rings. The largest absolute Gasteiger partial charge is 0.494 e. The lowest BCUT2D eigenvalue weighted by molar-refractivity contribution is -0.126. The Kier molecular flexibility index (Phi) is 6.32. The highest BCUT2D eigenvalue weighted by Gasteiger charge is 2.42. The number of hydrogen-bond donors (Lipinski definition) is 1. The molecule has 0 atom stereocenters. The van der Waals surface area contributed by atoms with Gasteiger partial charge in [-0.05, 0) is 55.9 Å². The zero-order chi connectivity index (χ0) is 18.2. The molecule has 3 nitrogen and oxygen atoms in total. The third kappa shape index (κ3) is 4.27. The van der Waals surface area contributed by atoms with Crippen LogP contribution >= 0.6 is 0 Å². The van der Waals surface area contributed by atoms with Crippen LogP contribution in [-0.4, -0.2) is 19.1 Å². The Morgan fingerprint density at radius 2 is 1.73 bits per heavy atom. The van der Waals surface area contributed by atoms with E-state index in [1.165, 1.54) is 11.1 Å². The van der Waals surface area contributed by atoms with Gasteiger partial charge >= 0.3 is 0 Å². The number of carbonyl (C=O) groups excluding carboxylic acids is 1. The van der Waals surface area contributed by atoms with Crippen molar-refractivity contribution < 1.29 is 9.53 Å². The minimum absolute atomic E-state index is 0.202. The number of carbonyl (C=O) groups is 1. The second-order valence-corrected chi connectivity index (χ2v) is 7.09. The van der Waals surface area contributed by atoms with Crippen molar-refractivity contribution in [3.05, 3.63) is 65.7 Å².